The van der Waals surface area contributed by atoms with Crippen molar-refractivity contribution in [1.29, 1.82) is 0 Å². The standard InChI is InChI=1S/C13H19NO2.C6H13NO2.CH4/c15-10-12-6-7-14(9-13(12)16)8-11-4-2-1-3-5-11;8-4-5-1-2-7-3-6(5)9;/h1-5,12-13,15-16H,6-10H2;5-9H,1-4H2;1H4. The van der Waals surface area contributed by atoms with Crippen LogP contribution in [-0.4, -0.2) is 76.9 Å². The maximum Gasteiger partial charge on any atom is 0.0717 e. The fraction of sp³-hybridized carbons (Fsp3) is 0.700. The van der Waals surface area contributed by atoms with Crippen LogP contribution in [0.25, 0.3) is 0 Å². The molecular weight excluding hydrogens is 332 g/mol. The van der Waals surface area contributed by atoms with E-state index in [0.717, 1.165) is 32.5 Å². The first-order valence-corrected chi connectivity index (χ1v) is 9.19. The van der Waals surface area contributed by atoms with Crippen LogP contribution in [0.15, 0.2) is 30.3 Å². The molecular formula is C20H36N2O4. The van der Waals surface area contributed by atoms with Crippen molar-refractivity contribution in [3.8, 4) is 0 Å². The van der Waals surface area contributed by atoms with Gasteiger partial charge in [0.2, 0.25) is 0 Å². The minimum absolute atomic E-state index is 0. The summed E-state index contributed by atoms with van der Waals surface area (Å²) in [5.74, 6) is 0.165. The van der Waals surface area contributed by atoms with Gasteiger partial charge in [-0.05, 0) is 31.5 Å². The molecule has 2 aliphatic heterocycles. The lowest BCUT2D eigenvalue weighted by molar-refractivity contribution is -0.00444. The van der Waals surface area contributed by atoms with Crippen molar-refractivity contribution in [1.82, 2.24) is 10.2 Å². The molecule has 1 aromatic carbocycles. The first-order chi connectivity index (χ1) is 12.1. The lowest BCUT2D eigenvalue weighted by Gasteiger charge is -2.35. The molecule has 0 saturated carbocycles. The van der Waals surface area contributed by atoms with Crippen LogP contribution in [-0.2, 0) is 6.54 Å². The number of hydrogen-bond donors (Lipinski definition) is 5. The summed E-state index contributed by atoms with van der Waals surface area (Å²) in [6, 6.07) is 10.3. The molecule has 4 atom stereocenters. The van der Waals surface area contributed by atoms with Crippen molar-refractivity contribution < 1.29 is 20.4 Å². The van der Waals surface area contributed by atoms with Crippen molar-refractivity contribution in [2.45, 2.75) is 39.0 Å². The van der Waals surface area contributed by atoms with Gasteiger partial charge in [-0.1, -0.05) is 37.8 Å². The average molecular weight is 369 g/mol. The molecule has 0 aromatic heterocycles. The van der Waals surface area contributed by atoms with Gasteiger partial charge in [0.25, 0.3) is 0 Å². The molecule has 3 rings (SSSR count). The summed E-state index contributed by atoms with van der Waals surface area (Å²) in [4.78, 5) is 2.24. The molecule has 0 radical (unpaired) electrons. The number of likely N-dealkylation sites (tertiary alicyclic amines) is 1. The minimum Gasteiger partial charge on any atom is -0.396 e. The van der Waals surface area contributed by atoms with E-state index >= 15 is 0 Å². The maximum absolute atomic E-state index is 9.82. The number of rotatable bonds is 4. The van der Waals surface area contributed by atoms with Gasteiger partial charge in [-0.3, -0.25) is 4.90 Å². The highest BCUT2D eigenvalue weighted by molar-refractivity contribution is 5.14. The van der Waals surface area contributed by atoms with E-state index in [1.165, 1.54) is 5.56 Å². The lowest BCUT2D eigenvalue weighted by Crippen LogP contribution is -2.44. The molecule has 0 spiro atoms. The van der Waals surface area contributed by atoms with Crippen molar-refractivity contribution in [2.75, 3.05) is 39.4 Å². The topological polar surface area (TPSA) is 96.2 Å². The van der Waals surface area contributed by atoms with Crippen LogP contribution in [0.2, 0.25) is 0 Å². The molecule has 6 nitrogen and oxygen atoms in total. The highest BCUT2D eigenvalue weighted by Gasteiger charge is 2.26. The van der Waals surface area contributed by atoms with Gasteiger partial charge in [-0.2, -0.15) is 0 Å². The third-order valence-corrected chi connectivity index (χ3v) is 5.11. The van der Waals surface area contributed by atoms with Crippen LogP contribution < -0.4 is 5.32 Å². The van der Waals surface area contributed by atoms with Gasteiger partial charge in [0, 0.05) is 44.7 Å². The number of nitrogens with one attached hydrogen (secondary N) is 1. The Balaban J connectivity index is 0.000000290. The summed E-state index contributed by atoms with van der Waals surface area (Å²) >= 11 is 0. The zero-order chi connectivity index (χ0) is 18.1. The predicted molar refractivity (Wildman–Crippen MR) is 104 cm³/mol. The number of aliphatic hydroxyl groups excluding tert-OH is 4. The van der Waals surface area contributed by atoms with Crippen LogP contribution in [0, 0.1) is 11.8 Å². The van der Waals surface area contributed by atoms with Gasteiger partial charge in [0.1, 0.15) is 0 Å². The summed E-state index contributed by atoms with van der Waals surface area (Å²) in [6.45, 7) is 4.27. The Labute approximate surface area is 157 Å². The lowest BCUT2D eigenvalue weighted by atomic mass is 9.94. The Morgan fingerprint density at radius 3 is 2.15 bits per heavy atom. The summed E-state index contributed by atoms with van der Waals surface area (Å²) in [5.41, 5.74) is 1.28. The largest absolute Gasteiger partial charge is 0.396 e. The van der Waals surface area contributed by atoms with E-state index in [2.05, 4.69) is 22.3 Å². The van der Waals surface area contributed by atoms with Crippen LogP contribution in [0.5, 0.6) is 0 Å². The quantitative estimate of drug-likeness (QED) is 0.530. The first kappa shape index (κ1) is 23.0. The summed E-state index contributed by atoms with van der Waals surface area (Å²) in [7, 11) is 0. The van der Waals surface area contributed by atoms with E-state index in [0.29, 0.717) is 13.1 Å². The number of nitrogens with zero attached hydrogens (tertiary/aromatic N) is 1. The molecule has 0 aliphatic carbocycles. The van der Waals surface area contributed by atoms with Crippen molar-refractivity contribution in [2.24, 2.45) is 11.8 Å². The molecule has 26 heavy (non-hydrogen) atoms. The molecule has 0 bridgehead atoms. The summed E-state index contributed by atoms with van der Waals surface area (Å²) in [6.07, 6.45) is 1.04. The summed E-state index contributed by atoms with van der Waals surface area (Å²) < 4.78 is 0. The Kier molecular flexibility index (Phi) is 11.0. The van der Waals surface area contributed by atoms with E-state index in [1.54, 1.807) is 0 Å². The maximum atomic E-state index is 9.82. The second kappa shape index (κ2) is 12.4. The van der Waals surface area contributed by atoms with Gasteiger partial charge < -0.3 is 25.7 Å². The minimum atomic E-state index is -0.387. The van der Waals surface area contributed by atoms with Crippen LogP contribution in [0.1, 0.15) is 25.8 Å². The number of benzene rings is 1. The molecule has 2 heterocycles. The molecule has 2 aliphatic rings. The van der Waals surface area contributed by atoms with Crippen LogP contribution in [0.3, 0.4) is 0 Å². The molecule has 0 amide bonds. The van der Waals surface area contributed by atoms with E-state index in [4.69, 9.17) is 15.3 Å². The molecule has 4 unspecified atom stereocenters. The Bertz CT molecular complexity index is 474. The molecule has 1 aromatic rings. The molecule has 2 fully saturated rings. The van der Waals surface area contributed by atoms with Crippen molar-refractivity contribution >= 4 is 0 Å². The number of piperidine rings is 2. The molecule has 5 N–H and O–H groups in total. The highest BCUT2D eigenvalue weighted by Crippen LogP contribution is 2.19. The zero-order valence-corrected chi connectivity index (χ0v) is 14.8. The van der Waals surface area contributed by atoms with E-state index in [-0.39, 0.29) is 44.7 Å². The normalized spacial score (nSPS) is 29.2. The smallest absolute Gasteiger partial charge is 0.0717 e. The van der Waals surface area contributed by atoms with Gasteiger partial charge in [-0.25, -0.2) is 0 Å². The average Bonchev–Trinajstić information content (AvgIpc) is 2.64. The van der Waals surface area contributed by atoms with Gasteiger partial charge in [0.05, 0.1) is 12.2 Å². The second-order valence-corrected chi connectivity index (χ2v) is 7.02. The number of hydrogen-bond acceptors (Lipinski definition) is 6. The number of β-amino-alcohol motifs (C(OH)–C–C–N with tert-alkyl or cyclic N) is 2. The Morgan fingerprint density at radius 2 is 1.62 bits per heavy atom. The number of aliphatic hydroxyl groups is 4. The fourth-order valence-corrected chi connectivity index (χ4v) is 3.35. The van der Waals surface area contributed by atoms with Crippen LogP contribution >= 0.6 is 0 Å². The van der Waals surface area contributed by atoms with Crippen LogP contribution in [0.4, 0.5) is 0 Å². The molecule has 150 valence electrons. The van der Waals surface area contributed by atoms with E-state index in [9.17, 15) is 5.11 Å². The zero-order valence-electron chi connectivity index (χ0n) is 14.8. The van der Waals surface area contributed by atoms with Gasteiger partial charge >= 0.3 is 0 Å². The predicted octanol–water partition coefficient (Wildman–Crippen LogP) is 0.447. The highest BCUT2D eigenvalue weighted by atomic mass is 16.3. The second-order valence-electron chi connectivity index (χ2n) is 7.02. The summed E-state index contributed by atoms with van der Waals surface area (Å²) in [5, 5.41) is 39.7. The monoisotopic (exact) mass is 368 g/mol. The molecule has 6 heteroatoms. The first-order valence-electron chi connectivity index (χ1n) is 9.19. The van der Waals surface area contributed by atoms with Gasteiger partial charge in [0.15, 0.2) is 0 Å². The molecule has 2 saturated heterocycles. The fourth-order valence-electron chi connectivity index (χ4n) is 3.35. The van der Waals surface area contributed by atoms with E-state index < -0.39 is 0 Å². The SMILES string of the molecule is C.OCC1CCN(Cc2ccccc2)CC1O.OCC1CCNCC1O. The van der Waals surface area contributed by atoms with Gasteiger partial charge in [-0.15, -0.1) is 0 Å². The Hall–Kier alpha value is -1.02. The van der Waals surface area contributed by atoms with E-state index in [1.807, 2.05) is 18.2 Å². The van der Waals surface area contributed by atoms with Crippen molar-refractivity contribution in [3.05, 3.63) is 35.9 Å². The third-order valence-electron chi connectivity index (χ3n) is 5.11. The van der Waals surface area contributed by atoms with Crippen molar-refractivity contribution in [3.63, 3.8) is 0 Å². The third kappa shape index (κ3) is 7.31. The Morgan fingerprint density at radius 1 is 0.962 bits per heavy atom.